The molecule has 0 spiro atoms. The maximum Gasteiger partial charge on any atom is 0.0619 e. The Hall–Kier alpha value is -6.38. The first kappa shape index (κ1) is 27.7. The third kappa shape index (κ3) is 4.42. The minimum atomic E-state index is 0.924. The first-order valence-corrected chi connectivity index (χ1v) is 17.0. The first-order chi connectivity index (χ1) is 24.3. The van der Waals surface area contributed by atoms with E-state index >= 15 is 0 Å². The molecule has 0 atom stereocenters. The number of benzene rings is 7. The number of hydrogen-bond acceptors (Lipinski definition) is 0. The van der Waals surface area contributed by atoms with E-state index in [2.05, 4.69) is 191 Å². The Morgan fingerprint density at radius 2 is 0.959 bits per heavy atom. The summed E-state index contributed by atoms with van der Waals surface area (Å²) in [5.74, 6) is 0. The highest BCUT2D eigenvalue weighted by Gasteiger charge is 2.20. The second-order valence-corrected chi connectivity index (χ2v) is 12.9. The number of nitrogens with zero attached hydrogens (tertiary/aromatic N) is 2. The van der Waals surface area contributed by atoms with Crippen LogP contribution < -0.4 is 0 Å². The molecule has 0 saturated carbocycles. The van der Waals surface area contributed by atoms with Gasteiger partial charge in [0.15, 0.2) is 0 Å². The lowest BCUT2D eigenvalue weighted by Crippen LogP contribution is -1.95. The van der Waals surface area contributed by atoms with Crippen molar-refractivity contribution in [1.29, 1.82) is 0 Å². The molecule has 0 fully saturated rings. The molecule has 0 N–H and O–H groups in total. The number of para-hydroxylation sites is 3. The van der Waals surface area contributed by atoms with Gasteiger partial charge in [-0.1, -0.05) is 140 Å². The van der Waals surface area contributed by atoms with Gasteiger partial charge in [0, 0.05) is 38.5 Å². The fraction of sp³-hybridized carbons (Fsp3) is 0.0213. The Bertz CT molecular complexity index is 2760. The molecule has 0 aliphatic heterocycles. The van der Waals surface area contributed by atoms with Crippen LogP contribution in [-0.2, 0) is 0 Å². The molecule has 230 valence electrons. The smallest absolute Gasteiger partial charge is 0.0619 e. The molecule has 7 aromatic carbocycles. The van der Waals surface area contributed by atoms with E-state index in [-0.39, 0.29) is 0 Å². The second kappa shape index (κ2) is 11.1. The van der Waals surface area contributed by atoms with E-state index in [1.807, 2.05) is 0 Å². The van der Waals surface area contributed by atoms with Gasteiger partial charge in [-0.3, -0.25) is 0 Å². The second-order valence-electron chi connectivity index (χ2n) is 12.9. The van der Waals surface area contributed by atoms with Crippen LogP contribution in [0, 0.1) is 0 Å². The van der Waals surface area contributed by atoms with Crippen molar-refractivity contribution in [3.05, 3.63) is 188 Å². The first-order valence-electron chi connectivity index (χ1n) is 17.0. The van der Waals surface area contributed by atoms with E-state index in [0.717, 1.165) is 12.1 Å². The highest BCUT2D eigenvalue weighted by atomic mass is 15.0. The van der Waals surface area contributed by atoms with Crippen LogP contribution in [0.5, 0.6) is 0 Å². The molecule has 10 rings (SSSR count). The summed E-state index contributed by atoms with van der Waals surface area (Å²) in [6, 6.07) is 61.7. The Morgan fingerprint density at radius 1 is 0.388 bits per heavy atom. The average molecular weight is 625 g/mol. The molecule has 0 unspecified atom stereocenters. The zero-order valence-corrected chi connectivity index (χ0v) is 26.9. The highest BCUT2D eigenvalue weighted by Crippen LogP contribution is 2.42. The van der Waals surface area contributed by atoms with Crippen LogP contribution in [0.25, 0.3) is 82.8 Å². The molecule has 0 saturated heterocycles. The maximum atomic E-state index is 2.48. The largest absolute Gasteiger partial charge is 0.309 e. The van der Waals surface area contributed by atoms with Crippen molar-refractivity contribution in [2.24, 2.45) is 0 Å². The van der Waals surface area contributed by atoms with Crippen LogP contribution in [0.15, 0.2) is 182 Å². The monoisotopic (exact) mass is 624 g/mol. The molecule has 2 aromatic heterocycles. The normalized spacial score (nSPS) is 13.1. The lowest BCUT2D eigenvalue weighted by molar-refractivity contribution is 1.18. The fourth-order valence-electron chi connectivity index (χ4n) is 7.89. The van der Waals surface area contributed by atoms with Crippen molar-refractivity contribution < 1.29 is 0 Å². The van der Waals surface area contributed by atoms with Crippen LogP contribution in [0.1, 0.15) is 12.0 Å². The number of allylic oxidation sites excluding steroid dienone is 4. The fourth-order valence-corrected chi connectivity index (χ4v) is 7.89. The standard InChI is InChI=1S/C47H32N2/c1-3-12-32(13-4-1)34-22-26-37(27-23-34)48-44-20-9-8-17-41(44)43-31-36(25-29-46(43)48)39-18-11-19-42-40-16-7-10-21-45(40)49(47(39)42)38-28-24-35(30-38)33-14-5-2-6-15-33/h1-23,25-31H,24H2. The topological polar surface area (TPSA) is 9.86 Å². The van der Waals surface area contributed by atoms with Crippen molar-refractivity contribution in [2.75, 3.05) is 0 Å². The molecule has 1 aliphatic carbocycles. The highest BCUT2D eigenvalue weighted by molar-refractivity contribution is 6.16. The number of aromatic nitrogens is 2. The van der Waals surface area contributed by atoms with Gasteiger partial charge >= 0.3 is 0 Å². The summed E-state index contributed by atoms with van der Waals surface area (Å²) in [6.45, 7) is 0. The van der Waals surface area contributed by atoms with Gasteiger partial charge in [0.25, 0.3) is 0 Å². The molecular formula is C47H32N2. The summed E-state index contributed by atoms with van der Waals surface area (Å²) in [5, 5.41) is 5.06. The summed E-state index contributed by atoms with van der Waals surface area (Å²) in [7, 11) is 0. The van der Waals surface area contributed by atoms with E-state index in [0.29, 0.717) is 0 Å². The minimum Gasteiger partial charge on any atom is -0.309 e. The van der Waals surface area contributed by atoms with Crippen molar-refractivity contribution in [2.45, 2.75) is 6.42 Å². The molecule has 9 aromatic rings. The maximum absolute atomic E-state index is 2.48. The van der Waals surface area contributed by atoms with E-state index in [9.17, 15) is 0 Å². The summed E-state index contributed by atoms with van der Waals surface area (Å²) >= 11 is 0. The lowest BCUT2D eigenvalue weighted by Gasteiger charge is -2.12. The van der Waals surface area contributed by atoms with Gasteiger partial charge in [0.1, 0.15) is 0 Å². The van der Waals surface area contributed by atoms with Gasteiger partial charge in [-0.2, -0.15) is 0 Å². The van der Waals surface area contributed by atoms with Crippen LogP contribution in [0.3, 0.4) is 0 Å². The molecule has 0 radical (unpaired) electrons. The van der Waals surface area contributed by atoms with Crippen LogP contribution in [-0.4, -0.2) is 9.13 Å². The van der Waals surface area contributed by atoms with E-state index < -0.39 is 0 Å². The SMILES string of the molecule is C1=C(c2ccccc2)CC=C1n1c2ccccc2c2cccc(-c3ccc4c(c3)c3ccccc3n4-c3ccc(-c4ccccc4)cc3)c21. The van der Waals surface area contributed by atoms with Gasteiger partial charge in [0.2, 0.25) is 0 Å². The van der Waals surface area contributed by atoms with Gasteiger partial charge in [-0.25, -0.2) is 0 Å². The van der Waals surface area contributed by atoms with Gasteiger partial charge in [-0.05, 0) is 76.7 Å². The third-order valence-corrected chi connectivity index (χ3v) is 10.2. The third-order valence-electron chi connectivity index (χ3n) is 10.2. The Labute approximate surface area is 285 Å². The number of hydrogen-bond donors (Lipinski definition) is 0. The molecular weight excluding hydrogens is 593 g/mol. The van der Waals surface area contributed by atoms with E-state index in [1.54, 1.807) is 0 Å². The molecule has 0 amide bonds. The number of fused-ring (bicyclic) bond motifs is 6. The zero-order valence-electron chi connectivity index (χ0n) is 26.9. The van der Waals surface area contributed by atoms with Gasteiger partial charge in [-0.15, -0.1) is 0 Å². The minimum absolute atomic E-state index is 0.924. The van der Waals surface area contributed by atoms with Gasteiger partial charge < -0.3 is 9.13 Å². The zero-order chi connectivity index (χ0) is 32.3. The van der Waals surface area contributed by atoms with Crippen molar-refractivity contribution >= 4 is 54.9 Å². The molecule has 2 heteroatoms. The molecule has 2 nitrogen and oxygen atoms in total. The molecule has 2 heterocycles. The molecule has 49 heavy (non-hydrogen) atoms. The number of rotatable bonds is 5. The predicted molar refractivity (Wildman–Crippen MR) is 208 cm³/mol. The summed E-state index contributed by atoms with van der Waals surface area (Å²) in [6.07, 6.45) is 5.68. The summed E-state index contributed by atoms with van der Waals surface area (Å²) in [4.78, 5) is 0. The van der Waals surface area contributed by atoms with Gasteiger partial charge in [0.05, 0.1) is 22.1 Å². The van der Waals surface area contributed by atoms with E-state index in [4.69, 9.17) is 0 Å². The van der Waals surface area contributed by atoms with Crippen LogP contribution in [0.2, 0.25) is 0 Å². The van der Waals surface area contributed by atoms with Crippen molar-refractivity contribution in [3.8, 4) is 27.9 Å². The quantitative estimate of drug-likeness (QED) is 0.180. The average Bonchev–Trinajstić information content (AvgIpc) is 3.88. The Balaban J connectivity index is 1.16. The van der Waals surface area contributed by atoms with E-state index in [1.165, 1.54) is 82.7 Å². The van der Waals surface area contributed by atoms with Crippen molar-refractivity contribution in [3.63, 3.8) is 0 Å². The molecule has 1 aliphatic rings. The lowest BCUT2D eigenvalue weighted by atomic mass is 10.00. The van der Waals surface area contributed by atoms with Crippen LogP contribution >= 0.6 is 0 Å². The summed E-state index contributed by atoms with van der Waals surface area (Å²) < 4.78 is 4.89. The van der Waals surface area contributed by atoms with Crippen LogP contribution in [0.4, 0.5) is 0 Å². The van der Waals surface area contributed by atoms with Crippen molar-refractivity contribution in [1.82, 2.24) is 9.13 Å². The molecule has 0 bridgehead atoms. The summed E-state index contributed by atoms with van der Waals surface area (Å²) in [5.41, 5.74) is 14.8. The Morgan fingerprint density at radius 3 is 1.71 bits per heavy atom. The Kier molecular flexibility index (Phi) is 6.28. The predicted octanol–water partition coefficient (Wildman–Crippen LogP) is 12.6.